The van der Waals surface area contributed by atoms with Gasteiger partial charge in [-0.1, -0.05) is 42.5 Å². The molecule has 0 radical (unpaired) electrons. The Morgan fingerprint density at radius 2 is 1.56 bits per heavy atom. The molecule has 3 aromatic rings. The SMILES string of the molecule is CCn1c(=O)n(CC(=O)NC2CCN(C(=O)CCc3ccccc3)CC2)c2ccccc21. The van der Waals surface area contributed by atoms with Gasteiger partial charge in [-0.15, -0.1) is 0 Å². The van der Waals surface area contributed by atoms with Crippen molar-refractivity contribution in [2.75, 3.05) is 13.1 Å². The molecule has 168 valence electrons. The maximum atomic E-state index is 12.7. The maximum Gasteiger partial charge on any atom is 0.329 e. The first kappa shape index (κ1) is 21.9. The molecule has 1 aromatic heterocycles. The van der Waals surface area contributed by atoms with Crippen molar-refractivity contribution in [1.82, 2.24) is 19.4 Å². The van der Waals surface area contributed by atoms with Gasteiger partial charge in [0.1, 0.15) is 6.54 Å². The van der Waals surface area contributed by atoms with Gasteiger partial charge in [0.25, 0.3) is 0 Å². The van der Waals surface area contributed by atoms with Gasteiger partial charge in [-0.25, -0.2) is 4.79 Å². The molecule has 2 amide bonds. The molecule has 0 bridgehead atoms. The van der Waals surface area contributed by atoms with E-state index in [0.29, 0.717) is 26.1 Å². The van der Waals surface area contributed by atoms with Gasteiger partial charge in [0.05, 0.1) is 11.0 Å². The quantitative estimate of drug-likeness (QED) is 0.621. The Kier molecular flexibility index (Phi) is 6.73. The second-order valence-corrected chi connectivity index (χ2v) is 8.31. The summed E-state index contributed by atoms with van der Waals surface area (Å²) in [5.41, 5.74) is 2.62. The monoisotopic (exact) mass is 434 g/mol. The molecular weight excluding hydrogens is 404 g/mol. The highest BCUT2D eigenvalue weighted by Gasteiger charge is 2.24. The van der Waals surface area contributed by atoms with Gasteiger partial charge >= 0.3 is 5.69 Å². The van der Waals surface area contributed by atoms with Crippen LogP contribution in [0, 0.1) is 0 Å². The fraction of sp³-hybridized carbons (Fsp3) is 0.400. The van der Waals surface area contributed by atoms with E-state index < -0.39 is 0 Å². The summed E-state index contributed by atoms with van der Waals surface area (Å²) in [7, 11) is 0. The zero-order chi connectivity index (χ0) is 22.5. The number of hydrogen-bond donors (Lipinski definition) is 1. The number of nitrogens with zero attached hydrogens (tertiary/aromatic N) is 3. The summed E-state index contributed by atoms with van der Waals surface area (Å²) in [5, 5.41) is 3.06. The number of hydrogen-bond acceptors (Lipinski definition) is 3. The number of piperidine rings is 1. The van der Waals surface area contributed by atoms with Crippen molar-refractivity contribution in [3.8, 4) is 0 Å². The highest BCUT2D eigenvalue weighted by Crippen LogP contribution is 2.15. The first-order valence-electron chi connectivity index (χ1n) is 11.4. The molecular formula is C25H30N4O3. The lowest BCUT2D eigenvalue weighted by molar-refractivity contribution is -0.132. The number of aromatic nitrogens is 2. The number of carbonyl (C=O) groups excluding carboxylic acids is 2. The number of benzene rings is 2. The van der Waals surface area contributed by atoms with Crippen LogP contribution in [0.3, 0.4) is 0 Å². The molecule has 0 unspecified atom stereocenters. The van der Waals surface area contributed by atoms with E-state index in [2.05, 4.69) is 5.32 Å². The number of nitrogens with one attached hydrogen (secondary N) is 1. The number of amides is 2. The van der Waals surface area contributed by atoms with Gasteiger partial charge in [0.15, 0.2) is 0 Å². The molecule has 7 nitrogen and oxygen atoms in total. The maximum absolute atomic E-state index is 12.7. The average molecular weight is 435 g/mol. The largest absolute Gasteiger partial charge is 0.352 e. The van der Waals surface area contributed by atoms with Gasteiger partial charge in [-0.3, -0.25) is 18.7 Å². The van der Waals surface area contributed by atoms with Gasteiger partial charge < -0.3 is 10.2 Å². The highest BCUT2D eigenvalue weighted by atomic mass is 16.2. The highest BCUT2D eigenvalue weighted by molar-refractivity contribution is 5.81. The molecule has 4 rings (SSSR count). The summed E-state index contributed by atoms with van der Waals surface area (Å²) >= 11 is 0. The van der Waals surface area contributed by atoms with Crippen LogP contribution in [0.2, 0.25) is 0 Å². The summed E-state index contributed by atoms with van der Waals surface area (Å²) in [6.07, 6.45) is 2.71. The van der Waals surface area contributed by atoms with E-state index in [4.69, 9.17) is 0 Å². The minimum atomic E-state index is -0.167. The third-order valence-corrected chi connectivity index (χ3v) is 6.23. The smallest absolute Gasteiger partial charge is 0.329 e. The van der Waals surface area contributed by atoms with Crippen LogP contribution in [0.15, 0.2) is 59.4 Å². The molecule has 1 N–H and O–H groups in total. The molecule has 1 aliphatic heterocycles. The zero-order valence-electron chi connectivity index (χ0n) is 18.5. The van der Waals surface area contributed by atoms with E-state index in [0.717, 1.165) is 30.3 Å². The number of aryl methyl sites for hydroxylation is 2. The zero-order valence-corrected chi connectivity index (χ0v) is 18.5. The van der Waals surface area contributed by atoms with Crippen molar-refractivity contribution in [2.24, 2.45) is 0 Å². The summed E-state index contributed by atoms with van der Waals surface area (Å²) < 4.78 is 3.22. The van der Waals surface area contributed by atoms with Crippen LogP contribution in [0.5, 0.6) is 0 Å². The van der Waals surface area contributed by atoms with Crippen LogP contribution >= 0.6 is 0 Å². The van der Waals surface area contributed by atoms with Gasteiger partial charge in [-0.05, 0) is 43.9 Å². The molecule has 0 saturated carbocycles. The van der Waals surface area contributed by atoms with E-state index in [1.54, 1.807) is 4.57 Å². The van der Waals surface area contributed by atoms with Gasteiger partial charge in [0.2, 0.25) is 11.8 Å². The lowest BCUT2D eigenvalue weighted by atomic mass is 10.0. The summed E-state index contributed by atoms with van der Waals surface area (Å²) in [6, 6.07) is 17.6. The topological polar surface area (TPSA) is 76.3 Å². The number of rotatable bonds is 7. The second kappa shape index (κ2) is 9.85. The fourth-order valence-corrected chi connectivity index (χ4v) is 4.48. The van der Waals surface area contributed by atoms with Crippen molar-refractivity contribution in [2.45, 2.75) is 51.7 Å². The van der Waals surface area contributed by atoms with E-state index in [9.17, 15) is 14.4 Å². The molecule has 2 heterocycles. The number of para-hydroxylation sites is 2. The number of carbonyl (C=O) groups is 2. The number of imidazole rings is 1. The molecule has 1 aliphatic rings. The minimum absolute atomic E-state index is 0.00255. The molecule has 0 aliphatic carbocycles. The first-order chi connectivity index (χ1) is 15.6. The Balaban J connectivity index is 1.29. The van der Waals surface area contributed by atoms with Crippen LogP contribution in [0.4, 0.5) is 0 Å². The van der Waals surface area contributed by atoms with Crippen LogP contribution in [-0.4, -0.2) is 45.0 Å². The fourth-order valence-electron chi connectivity index (χ4n) is 4.48. The van der Waals surface area contributed by atoms with Crippen molar-refractivity contribution in [3.63, 3.8) is 0 Å². The Morgan fingerprint density at radius 3 is 2.22 bits per heavy atom. The molecule has 7 heteroatoms. The predicted octanol–water partition coefficient (Wildman–Crippen LogP) is 2.56. The summed E-state index contributed by atoms with van der Waals surface area (Å²) in [4.78, 5) is 39.8. The van der Waals surface area contributed by atoms with Gasteiger partial charge in [-0.2, -0.15) is 0 Å². The van der Waals surface area contributed by atoms with E-state index >= 15 is 0 Å². The van der Waals surface area contributed by atoms with Crippen LogP contribution in [0.1, 0.15) is 31.7 Å². The Morgan fingerprint density at radius 1 is 0.938 bits per heavy atom. The Bertz CT molecular complexity index is 1140. The minimum Gasteiger partial charge on any atom is -0.352 e. The molecule has 0 spiro atoms. The van der Waals surface area contributed by atoms with Crippen LogP contribution < -0.4 is 11.0 Å². The first-order valence-corrected chi connectivity index (χ1v) is 11.4. The van der Waals surface area contributed by atoms with Crippen LogP contribution in [-0.2, 0) is 29.1 Å². The Hall–Kier alpha value is -3.35. The molecule has 1 saturated heterocycles. The van der Waals surface area contributed by atoms with E-state index in [1.165, 1.54) is 10.1 Å². The second-order valence-electron chi connectivity index (χ2n) is 8.31. The standard InChI is InChI=1S/C25H30N4O3/c1-2-28-21-10-6-7-11-22(21)29(25(28)32)18-23(30)26-20-14-16-27(17-15-20)24(31)13-12-19-8-4-3-5-9-19/h3-11,20H,2,12-18H2,1H3,(H,26,30). The molecule has 2 aromatic carbocycles. The summed E-state index contributed by atoms with van der Waals surface area (Å²) in [6.45, 7) is 3.78. The van der Waals surface area contributed by atoms with Crippen molar-refractivity contribution in [1.29, 1.82) is 0 Å². The third-order valence-electron chi connectivity index (χ3n) is 6.23. The van der Waals surface area contributed by atoms with Crippen LogP contribution in [0.25, 0.3) is 11.0 Å². The van der Waals surface area contributed by atoms with Crippen molar-refractivity contribution < 1.29 is 9.59 Å². The van der Waals surface area contributed by atoms with E-state index in [1.807, 2.05) is 66.4 Å². The number of fused-ring (bicyclic) bond motifs is 1. The average Bonchev–Trinajstić information content (AvgIpc) is 3.09. The molecule has 0 atom stereocenters. The van der Waals surface area contributed by atoms with Crippen molar-refractivity contribution in [3.05, 3.63) is 70.6 Å². The third kappa shape index (κ3) is 4.77. The lowest BCUT2D eigenvalue weighted by Crippen LogP contribution is -2.47. The Labute approximate surface area is 187 Å². The van der Waals surface area contributed by atoms with E-state index in [-0.39, 0.29) is 30.1 Å². The molecule has 32 heavy (non-hydrogen) atoms. The molecule has 1 fully saturated rings. The van der Waals surface area contributed by atoms with Gasteiger partial charge in [0, 0.05) is 32.1 Å². The van der Waals surface area contributed by atoms with Crippen molar-refractivity contribution >= 4 is 22.8 Å². The lowest BCUT2D eigenvalue weighted by Gasteiger charge is -2.32. The normalized spacial score (nSPS) is 14.6. The number of likely N-dealkylation sites (tertiary alicyclic amines) is 1. The predicted molar refractivity (Wildman–Crippen MR) is 124 cm³/mol. The summed E-state index contributed by atoms with van der Waals surface area (Å²) in [5.74, 6) is -0.00230.